The van der Waals surface area contributed by atoms with Crippen molar-refractivity contribution in [2.45, 2.75) is 37.6 Å². The Bertz CT molecular complexity index is 282. The van der Waals surface area contributed by atoms with Gasteiger partial charge in [0.05, 0.1) is 5.38 Å². The fourth-order valence-corrected chi connectivity index (χ4v) is 3.67. The molecule has 3 heteroatoms. The van der Waals surface area contributed by atoms with Gasteiger partial charge < -0.3 is 10.6 Å². The van der Waals surface area contributed by atoms with Gasteiger partial charge in [-0.25, -0.2) is 0 Å². The van der Waals surface area contributed by atoms with Crippen LogP contribution in [0.2, 0.25) is 0 Å². The van der Waals surface area contributed by atoms with E-state index in [4.69, 9.17) is 11.6 Å². The molecule has 1 aliphatic carbocycles. The van der Waals surface area contributed by atoms with Gasteiger partial charge in [0.25, 0.3) is 0 Å². The van der Waals surface area contributed by atoms with Gasteiger partial charge in [0.1, 0.15) is 0 Å². The molecule has 2 N–H and O–H groups in total. The second-order valence-corrected chi connectivity index (χ2v) is 5.74. The Morgan fingerprint density at radius 2 is 2.27 bits per heavy atom. The first-order valence-electron chi connectivity index (χ1n) is 6.09. The van der Waals surface area contributed by atoms with Gasteiger partial charge in [-0.1, -0.05) is 6.92 Å². The largest absolute Gasteiger partial charge is 0.384 e. The van der Waals surface area contributed by atoms with Crippen LogP contribution in [0.4, 0.5) is 0 Å². The zero-order valence-corrected chi connectivity index (χ0v) is 9.98. The van der Waals surface area contributed by atoms with Gasteiger partial charge in [0.15, 0.2) is 0 Å². The lowest BCUT2D eigenvalue weighted by molar-refractivity contribution is 0.418. The van der Waals surface area contributed by atoms with Crippen LogP contribution < -0.4 is 10.6 Å². The number of alkyl halides is 1. The molecule has 0 bridgehead atoms. The third kappa shape index (κ3) is 1.68. The van der Waals surface area contributed by atoms with Crippen LogP contribution in [0.25, 0.3) is 0 Å². The molecule has 4 atom stereocenters. The molecule has 0 aromatic carbocycles. The first-order valence-corrected chi connectivity index (χ1v) is 6.53. The van der Waals surface area contributed by atoms with Crippen molar-refractivity contribution in [3.8, 4) is 0 Å². The highest BCUT2D eigenvalue weighted by molar-refractivity contribution is 6.23. The van der Waals surface area contributed by atoms with E-state index in [2.05, 4.69) is 17.6 Å². The Hall–Kier alpha value is -0.210. The maximum atomic E-state index is 6.26. The molecule has 0 spiro atoms. The first kappa shape index (κ1) is 9.98. The standard InChI is InChI=1S/C12H19ClN2/c1-7-5-9(8-3-2-4-14-6-8)15-12-10(7)11(12)13/h7,10-12,14-15H,2-6H2,1H3/b9-8+. The van der Waals surface area contributed by atoms with Crippen LogP contribution in [0, 0.1) is 11.8 Å². The summed E-state index contributed by atoms with van der Waals surface area (Å²) in [5.41, 5.74) is 3.10. The summed E-state index contributed by atoms with van der Waals surface area (Å²) < 4.78 is 0. The number of nitrogens with one attached hydrogen (secondary N) is 2. The Labute approximate surface area is 96.4 Å². The van der Waals surface area contributed by atoms with Gasteiger partial charge in [-0.05, 0) is 37.3 Å². The zero-order chi connectivity index (χ0) is 10.4. The predicted molar refractivity (Wildman–Crippen MR) is 63.0 cm³/mol. The van der Waals surface area contributed by atoms with E-state index in [1.165, 1.54) is 31.5 Å². The molecule has 0 radical (unpaired) electrons. The van der Waals surface area contributed by atoms with E-state index in [0.717, 1.165) is 18.4 Å². The lowest BCUT2D eigenvalue weighted by Crippen LogP contribution is -2.32. The van der Waals surface area contributed by atoms with E-state index in [1.807, 2.05) is 0 Å². The molecule has 2 saturated heterocycles. The Balaban J connectivity index is 1.76. The molecule has 15 heavy (non-hydrogen) atoms. The number of allylic oxidation sites excluding steroid dienone is 1. The van der Waals surface area contributed by atoms with Gasteiger partial charge in [-0.3, -0.25) is 0 Å². The topological polar surface area (TPSA) is 24.1 Å². The number of rotatable bonds is 0. The summed E-state index contributed by atoms with van der Waals surface area (Å²) in [4.78, 5) is 0. The van der Waals surface area contributed by atoms with Crippen LogP contribution in [0.1, 0.15) is 26.2 Å². The molecule has 3 aliphatic rings. The van der Waals surface area contributed by atoms with E-state index in [-0.39, 0.29) is 0 Å². The highest BCUT2D eigenvalue weighted by atomic mass is 35.5. The quantitative estimate of drug-likeness (QED) is 0.617. The summed E-state index contributed by atoms with van der Waals surface area (Å²) in [7, 11) is 0. The molecule has 3 rings (SSSR count). The van der Waals surface area contributed by atoms with Crippen LogP contribution in [0.5, 0.6) is 0 Å². The number of fused-ring (bicyclic) bond motifs is 1. The molecule has 4 unspecified atom stereocenters. The summed E-state index contributed by atoms with van der Waals surface area (Å²) in [5.74, 6) is 1.50. The smallest absolute Gasteiger partial charge is 0.0591 e. The molecule has 2 nitrogen and oxygen atoms in total. The number of hydrogen-bond donors (Lipinski definition) is 2. The summed E-state index contributed by atoms with van der Waals surface area (Å²) in [6.45, 7) is 4.60. The van der Waals surface area contributed by atoms with E-state index >= 15 is 0 Å². The Kier molecular flexibility index (Phi) is 2.44. The van der Waals surface area contributed by atoms with Crippen molar-refractivity contribution >= 4 is 11.6 Å². The number of hydrogen-bond acceptors (Lipinski definition) is 2. The zero-order valence-electron chi connectivity index (χ0n) is 9.22. The molecule has 0 amide bonds. The van der Waals surface area contributed by atoms with Crippen LogP contribution >= 0.6 is 11.6 Å². The molecule has 0 aromatic rings. The third-order valence-corrected chi connectivity index (χ3v) is 4.67. The third-order valence-electron chi connectivity index (χ3n) is 4.11. The van der Waals surface area contributed by atoms with E-state index in [0.29, 0.717) is 11.4 Å². The molecular weight excluding hydrogens is 208 g/mol. The summed E-state index contributed by atoms with van der Waals surface area (Å²) in [6, 6.07) is 0.569. The van der Waals surface area contributed by atoms with Crippen molar-refractivity contribution in [1.29, 1.82) is 0 Å². The summed E-state index contributed by atoms with van der Waals surface area (Å²) in [5, 5.41) is 7.49. The van der Waals surface area contributed by atoms with Gasteiger partial charge in [0, 0.05) is 24.2 Å². The van der Waals surface area contributed by atoms with Crippen LogP contribution in [-0.2, 0) is 0 Å². The van der Waals surface area contributed by atoms with Gasteiger partial charge in [0.2, 0.25) is 0 Å². The minimum atomic E-state index is 0.384. The fourth-order valence-electron chi connectivity index (χ4n) is 3.12. The normalized spacial score (nSPS) is 49.5. The molecule has 1 saturated carbocycles. The monoisotopic (exact) mass is 226 g/mol. The number of halogens is 1. The fraction of sp³-hybridized carbons (Fsp3) is 0.833. The van der Waals surface area contributed by atoms with Crippen LogP contribution in [0.15, 0.2) is 11.3 Å². The lowest BCUT2D eigenvalue weighted by Gasteiger charge is -2.27. The average Bonchev–Trinajstić information content (AvgIpc) is 2.92. The van der Waals surface area contributed by atoms with E-state index < -0.39 is 0 Å². The van der Waals surface area contributed by atoms with Crippen LogP contribution in [0.3, 0.4) is 0 Å². The Morgan fingerprint density at radius 1 is 1.40 bits per heavy atom. The Morgan fingerprint density at radius 3 is 2.93 bits per heavy atom. The molecule has 84 valence electrons. The molecule has 0 aromatic heterocycles. The maximum absolute atomic E-state index is 6.26. The van der Waals surface area contributed by atoms with Crippen molar-refractivity contribution in [1.82, 2.24) is 10.6 Å². The summed E-state index contributed by atoms with van der Waals surface area (Å²) >= 11 is 6.26. The van der Waals surface area contributed by atoms with Crippen molar-refractivity contribution in [3.63, 3.8) is 0 Å². The van der Waals surface area contributed by atoms with Crippen molar-refractivity contribution in [3.05, 3.63) is 11.3 Å². The maximum Gasteiger partial charge on any atom is 0.0591 e. The molecule has 2 aliphatic heterocycles. The highest BCUT2D eigenvalue weighted by Gasteiger charge is 2.54. The second kappa shape index (κ2) is 3.67. The second-order valence-electron chi connectivity index (χ2n) is 5.24. The minimum Gasteiger partial charge on any atom is -0.384 e. The molecular formula is C12H19ClN2. The predicted octanol–water partition coefficient (Wildman–Crippen LogP) is 1.86. The van der Waals surface area contributed by atoms with Gasteiger partial charge >= 0.3 is 0 Å². The van der Waals surface area contributed by atoms with Crippen LogP contribution in [-0.4, -0.2) is 24.5 Å². The van der Waals surface area contributed by atoms with E-state index in [1.54, 1.807) is 5.57 Å². The molecule has 3 fully saturated rings. The average molecular weight is 227 g/mol. The minimum absolute atomic E-state index is 0.384. The number of piperidine rings is 2. The summed E-state index contributed by atoms with van der Waals surface area (Å²) in [6.07, 6.45) is 3.76. The van der Waals surface area contributed by atoms with Gasteiger partial charge in [-0.2, -0.15) is 0 Å². The van der Waals surface area contributed by atoms with Gasteiger partial charge in [-0.15, -0.1) is 11.6 Å². The van der Waals surface area contributed by atoms with E-state index in [9.17, 15) is 0 Å². The van der Waals surface area contributed by atoms with Crippen molar-refractivity contribution in [2.24, 2.45) is 11.8 Å². The highest BCUT2D eigenvalue weighted by Crippen LogP contribution is 2.48. The SMILES string of the molecule is CC1C/C(=C2/CCCNC2)NC2C(Cl)C12. The first-order chi connectivity index (χ1) is 7.27. The van der Waals surface area contributed by atoms with Crippen molar-refractivity contribution in [2.75, 3.05) is 13.1 Å². The lowest BCUT2D eigenvalue weighted by atomic mass is 9.92. The van der Waals surface area contributed by atoms with Crippen molar-refractivity contribution < 1.29 is 0 Å². The molecule has 2 heterocycles.